The van der Waals surface area contributed by atoms with Gasteiger partial charge in [0, 0.05) is 14.9 Å². The predicted molar refractivity (Wildman–Crippen MR) is 89.9 cm³/mol. The Balaban J connectivity index is 1.92. The molecule has 1 fully saturated rings. The van der Waals surface area contributed by atoms with Crippen molar-refractivity contribution in [2.75, 3.05) is 0 Å². The lowest BCUT2D eigenvalue weighted by molar-refractivity contribution is -0.131. The summed E-state index contributed by atoms with van der Waals surface area (Å²) in [5.74, 6) is -0.270. The molecule has 1 N–H and O–H groups in total. The summed E-state index contributed by atoms with van der Waals surface area (Å²) >= 11 is 10.7. The highest BCUT2D eigenvalue weighted by atomic mass is 79.9. The maximum Gasteiger partial charge on any atom is 0.325 e. The lowest BCUT2D eigenvalue weighted by Gasteiger charge is -2.23. The van der Waals surface area contributed by atoms with Crippen molar-refractivity contribution in [1.82, 2.24) is 10.2 Å². The highest BCUT2D eigenvalue weighted by Crippen LogP contribution is 2.34. The van der Waals surface area contributed by atoms with Gasteiger partial charge in [-0.25, -0.2) is 4.79 Å². The van der Waals surface area contributed by atoms with Gasteiger partial charge in [-0.15, -0.1) is 11.3 Å². The van der Waals surface area contributed by atoms with Gasteiger partial charge in [-0.05, 0) is 25.1 Å². The second-order valence-corrected chi connectivity index (χ2v) is 7.79. The minimum Gasteiger partial charge on any atom is -0.319 e. The molecule has 3 rings (SSSR count). The van der Waals surface area contributed by atoms with E-state index in [1.165, 1.54) is 16.2 Å². The number of amides is 3. The van der Waals surface area contributed by atoms with Crippen LogP contribution < -0.4 is 5.32 Å². The molecule has 4 nitrogen and oxygen atoms in total. The number of halogens is 2. The first-order valence-corrected chi connectivity index (χ1v) is 8.54. The fourth-order valence-electron chi connectivity index (χ4n) is 2.48. The third-order valence-electron chi connectivity index (χ3n) is 3.63. The molecule has 1 aliphatic rings. The Morgan fingerprint density at radius 3 is 2.64 bits per heavy atom. The monoisotopic (exact) mass is 398 g/mol. The number of carbonyl (C=O) groups is 2. The minimum absolute atomic E-state index is 0.224. The molecule has 2 heterocycles. The Morgan fingerprint density at radius 1 is 1.27 bits per heavy atom. The summed E-state index contributed by atoms with van der Waals surface area (Å²) < 4.78 is 1.42. The average molecular weight is 400 g/mol. The van der Waals surface area contributed by atoms with E-state index in [-0.39, 0.29) is 12.5 Å². The summed E-state index contributed by atoms with van der Waals surface area (Å²) in [6.45, 7) is 1.94. The number of carbonyl (C=O) groups excluding carboxylic acids is 2. The van der Waals surface area contributed by atoms with Crippen molar-refractivity contribution in [1.29, 1.82) is 0 Å². The lowest BCUT2D eigenvalue weighted by Crippen LogP contribution is -2.41. The van der Waals surface area contributed by atoms with E-state index in [1.54, 1.807) is 13.0 Å². The topological polar surface area (TPSA) is 49.4 Å². The van der Waals surface area contributed by atoms with Crippen LogP contribution in [0.3, 0.4) is 0 Å². The summed E-state index contributed by atoms with van der Waals surface area (Å²) in [5.41, 5.74) is -0.335. The molecule has 0 spiro atoms. The molecule has 114 valence electrons. The van der Waals surface area contributed by atoms with E-state index in [2.05, 4.69) is 21.2 Å². The maximum atomic E-state index is 12.8. The van der Waals surface area contributed by atoms with Crippen LogP contribution in [0.15, 0.2) is 40.9 Å². The maximum absolute atomic E-state index is 12.8. The highest BCUT2D eigenvalue weighted by Gasteiger charge is 2.49. The molecule has 1 aromatic heterocycles. The van der Waals surface area contributed by atoms with Crippen molar-refractivity contribution in [2.24, 2.45) is 0 Å². The number of urea groups is 1. The van der Waals surface area contributed by atoms with Crippen molar-refractivity contribution in [3.8, 4) is 0 Å². The van der Waals surface area contributed by atoms with Crippen molar-refractivity contribution in [3.63, 3.8) is 0 Å². The molecular formula is C15H12BrClN2O2S. The van der Waals surface area contributed by atoms with E-state index in [0.717, 1.165) is 14.9 Å². The third kappa shape index (κ3) is 2.55. The van der Waals surface area contributed by atoms with Crippen molar-refractivity contribution >= 4 is 50.8 Å². The molecule has 1 aliphatic heterocycles. The van der Waals surface area contributed by atoms with Gasteiger partial charge >= 0.3 is 6.03 Å². The zero-order valence-corrected chi connectivity index (χ0v) is 14.8. The quantitative estimate of drug-likeness (QED) is 0.789. The summed E-state index contributed by atoms with van der Waals surface area (Å²) in [6, 6.07) is 10.6. The van der Waals surface area contributed by atoms with E-state index in [9.17, 15) is 9.59 Å². The van der Waals surface area contributed by atoms with Gasteiger partial charge in [0.1, 0.15) is 5.54 Å². The standard InChI is InChI=1S/C15H12BrClN2O2S/c1-15(10-4-2-3-5-11(10)16)13(20)19(14(21)18-15)8-9-6-7-12(17)22-9/h2-7H,8H2,1H3,(H,18,21). The van der Waals surface area contributed by atoms with E-state index in [0.29, 0.717) is 4.34 Å². The molecule has 1 aromatic carbocycles. The Hall–Kier alpha value is -1.37. The number of nitrogens with zero attached hydrogens (tertiary/aromatic N) is 1. The number of nitrogens with one attached hydrogen (secondary N) is 1. The van der Waals surface area contributed by atoms with Crippen LogP contribution in [0.4, 0.5) is 4.79 Å². The summed E-state index contributed by atoms with van der Waals surface area (Å²) in [6.07, 6.45) is 0. The van der Waals surface area contributed by atoms with Gasteiger partial charge in [0.05, 0.1) is 10.9 Å². The number of imide groups is 1. The first kappa shape index (κ1) is 15.5. The number of hydrogen-bond donors (Lipinski definition) is 1. The van der Waals surface area contributed by atoms with Gasteiger partial charge in [0.15, 0.2) is 0 Å². The molecule has 3 amide bonds. The predicted octanol–water partition coefficient (Wildman–Crippen LogP) is 4.13. The zero-order chi connectivity index (χ0) is 15.9. The van der Waals surface area contributed by atoms with Crippen LogP contribution in [0.2, 0.25) is 4.34 Å². The van der Waals surface area contributed by atoms with E-state index < -0.39 is 11.6 Å². The van der Waals surface area contributed by atoms with Crippen molar-refractivity contribution < 1.29 is 9.59 Å². The molecule has 1 atom stereocenters. The van der Waals surface area contributed by atoms with Gasteiger partial charge in [0.25, 0.3) is 5.91 Å². The third-order valence-corrected chi connectivity index (χ3v) is 5.54. The fraction of sp³-hybridized carbons (Fsp3) is 0.200. The minimum atomic E-state index is -1.07. The van der Waals surface area contributed by atoms with Crippen molar-refractivity contribution in [3.05, 3.63) is 55.6 Å². The Bertz CT molecular complexity index is 764. The summed E-state index contributed by atoms with van der Waals surface area (Å²) in [4.78, 5) is 27.1. The van der Waals surface area contributed by atoms with Gasteiger partial charge in [-0.3, -0.25) is 9.69 Å². The largest absolute Gasteiger partial charge is 0.325 e. The molecule has 0 bridgehead atoms. The first-order chi connectivity index (χ1) is 10.4. The summed E-state index contributed by atoms with van der Waals surface area (Å²) in [7, 11) is 0. The molecule has 7 heteroatoms. The fourth-order valence-corrected chi connectivity index (χ4v) is 4.24. The number of rotatable bonds is 3. The van der Waals surface area contributed by atoms with Crippen LogP contribution >= 0.6 is 38.9 Å². The van der Waals surface area contributed by atoms with Crippen LogP contribution in [0.5, 0.6) is 0 Å². The van der Waals surface area contributed by atoms with Gasteiger partial charge < -0.3 is 5.32 Å². The Kier molecular flexibility index (Phi) is 4.01. The molecule has 1 saturated heterocycles. The number of benzene rings is 1. The normalized spacial score (nSPS) is 21.3. The molecular weight excluding hydrogens is 388 g/mol. The molecule has 0 radical (unpaired) electrons. The van der Waals surface area contributed by atoms with Crippen LogP contribution in [-0.2, 0) is 16.9 Å². The van der Waals surface area contributed by atoms with Crippen LogP contribution in [0.25, 0.3) is 0 Å². The molecule has 22 heavy (non-hydrogen) atoms. The Morgan fingerprint density at radius 2 is 2.00 bits per heavy atom. The van der Waals surface area contributed by atoms with Crippen molar-refractivity contribution in [2.45, 2.75) is 19.0 Å². The smallest absolute Gasteiger partial charge is 0.319 e. The van der Waals surface area contributed by atoms with Gasteiger partial charge in [-0.2, -0.15) is 0 Å². The second kappa shape index (κ2) is 5.68. The molecule has 0 aliphatic carbocycles. The average Bonchev–Trinajstić information content (AvgIpc) is 2.97. The Labute approximate surface area is 145 Å². The van der Waals surface area contributed by atoms with Gasteiger partial charge in [-0.1, -0.05) is 45.7 Å². The van der Waals surface area contributed by atoms with Crippen LogP contribution in [0.1, 0.15) is 17.4 Å². The zero-order valence-electron chi connectivity index (χ0n) is 11.6. The van der Waals surface area contributed by atoms with E-state index in [4.69, 9.17) is 11.6 Å². The molecule has 0 saturated carbocycles. The van der Waals surface area contributed by atoms with Crippen LogP contribution in [-0.4, -0.2) is 16.8 Å². The number of thiophene rings is 1. The van der Waals surface area contributed by atoms with E-state index >= 15 is 0 Å². The first-order valence-electron chi connectivity index (χ1n) is 6.55. The van der Waals surface area contributed by atoms with Crippen LogP contribution in [0, 0.1) is 0 Å². The molecule has 1 unspecified atom stereocenters. The highest BCUT2D eigenvalue weighted by molar-refractivity contribution is 9.10. The lowest BCUT2D eigenvalue weighted by atomic mass is 9.92. The molecule has 2 aromatic rings. The summed E-state index contributed by atoms with van der Waals surface area (Å²) in [5, 5.41) is 2.79. The van der Waals surface area contributed by atoms with Gasteiger partial charge in [0.2, 0.25) is 0 Å². The number of hydrogen-bond acceptors (Lipinski definition) is 3. The second-order valence-electron chi connectivity index (χ2n) is 5.13. The SMILES string of the molecule is CC1(c2ccccc2Br)NC(=O)N(Cc2ccc(Cl)s2)C1=O. The van der Waals surface area contributed by atoms with E-state index in [1.807, 2.05) is 30.3 Å².